The van der Waals surface area contributed by atoms with Crippen molar-refractivity contribution in [1.82, 2.24) is 15.1 Å². The lowest BCUT2D eigenvalue weighted by atomic mass is 10.0. The number of urea groups is 1. The fraction of sp³-hybridized carbons (Fsp3) is 0.214. The van der Waals surface area contributed by atoms with Crippen LogP contribution < -0.4 is 15.0 Å². The number of carbonyl (C=O) groups excluding carboxylic acids is 1. The minimum absolute atomic E-state index is 0. The first kappa shape index (κ1) is 28.4. The van der Waals surface area contributed by atoms with Crippen LogP contribution in [0, 0.1) is 11.3 Å². The Hall–Kier alpha value is -4.56. The number of anilines is 2. The van der Waals surface area contributed by atoms with Gasteiger partial charge in [0, 0.05) is 47.7 Å². The molecule has 4 aromatic rings. The lowest BCUT2D eigenvalue weighted by molar-refractivity contribution is -0.274. The lowest BCUT2D eigenvalue weighted by Crippen LogP contribution is -2.55. The molecule has 1 aliphatic heterocycles. The number of benzene rings is 3. The van der Waals surface area contributed by atoms with Crippen LogP contribution in [0.1, 0.15) is 12.5 Å². The molecule has 206 valence electrons. The molecule has 1 fully saturated rings. The summed E-state index contributed by atoms with van der Waals surface area (Å²) in [5, 5.41) is 22.8. The van der Waals surface area contributed by atoms with E-state index >= 15 is 0 Å². The molecule has 1 aliphatic rings. The van der Waals surface area contributed by atoms with Gasteiger partial charge in [-0.3, -0.25) is 0 Å². The number of rotatable bonds is 4. The molecule has 1 N–H and O–H groups in total. The number of nitriles is 1. The minimum Gasteiger partial charge on any atom is -0.406 e. The van der Waals surface area contributed by atoms with Gasteiger partial charge in [-0.25, -0.2) is 4.79 Å². The Bertz CT molecular complexity index is 1540. The van der Waals surface area contributed by atoms with E-state index in [9.17, 15) is 18.0 Å². The van der Waals surface area contributed by atoms with Crippen LogP contribution in [0.25, 0.3) is 22.0 Å². The SMILES string of the molecule is C[C@H]1CN(c2nnc(-c3ccc(C#N)cc3)c3ccccc23)CCN1C(=O)Nc1ccc(OC(F)(F)F)cc1.Cl. The fourth-order valence-corrected chi connectivity index (χ4v) is 4.63. The van der Waals surface area contributed by atoms with Gasteiger partial charge in [0.25, 0.3) is 0 Å². The van der Waals surface area contributed by atoms with Crippen LogP contribution >= 0.6 is 12.4 Å². The summed E-state index contributed by atoms with van der Waals surface area (Å²) in [6.07, 6.45) is -4.78. The van der Waals surface area contributed by atoms with Gasteiger partial charge in [-0.1, -0.05) is 36.4 Å². The number of nitrogens with one attached hydrogen (secondary N) is 1. The maximum atomic E-state index is 12.9. The molecule has 0 bridgehead atoms. The van der Waals surface area contributed by atoms with Crippen LogP contribution in [-0.2, 0) is 0 Å². The van der Waals surface area contributed by atoms with Crippen LogP contribution in [0.5, 0.6) is 5.75 Å². The second-order valence-electron chi connectivity index (χ2n) is 9.10. The first-order valence-electron chi connectivity index (χ1n) is 12.2. The van der Waals surface area contributed by atoms with E-state index in [1.807, 2.05) is 43.3 Å². The highest BCUT2D eigenvalue weighted by molar-refractivity contribution is 6.00. The topological polar surface area (TPSA) is 94.4 Å². The number of carbonyl (C=O) groups is 1. The molecule has 1 atom stereocenters. The first-order chi connectivity index (χ1) is 18.7. The first-order valence-corrected chi connectivity index (χ1v) is 12.2. The van der Waals surface area contributed by atoms with Crippen molar-refractivity contribution in [2.24, 2.45) is 0 Å². The Morgan fingerprint density at radius 1 is 1.00 bits per heavy atom. The molecule has 2 amide bonds. The van der Waals surface area contributed by atoms with E-state index < -0.39 is 6.36 Å². The average molecular weight is 569 g/mol. The number of ether oxygens (including phenoxy) is 1. The molecule has 1 aromatic heterocycles. The predicted molar refractivity (Wildman–Crippen MR) is 147 cm³/mol. The van der Waals surface area contributed by atoms with Gasteiger partial charge < -0.3 is 19.9 Å². The predicted octanol–water partition coefficient (Wildman–Crippen LogP) is 6.23. The third kappa shape index (κ3) is 6.18. The zero-order chi connectivity index (χ0) is 27.6. The number of hydrogen-bond acceptors (Lipinski definition) is 6. The molecular formula is C28H24ClF3N6O2. The summed E-state index contributed by atoms with van der Waals surface area (Å²) in [6.45, 7) is 3.37. The van der Waals surface area contributed by atoms with E-state index in [4.69, 9.17) is 5.26 Å². The summed E-state index contributed by atoms with van der Waals surface area (Å²) in [5.41, 5.74) is 2.50. The summed E-state index contributed by atoms with van der Waals surface area (Å²) in [7, 11) is 0. The van der Waals surface area contributed by atoms with Gasteiger partial charge in [0.15, 0.2) is 5.82 Å². The normalized spacial score (nSPS) is 15.2. The molecular weight excluding hydrogens is 545 g/mol. The smallest absolute Gasteiger partial charge is 0.406 e. The van der Waals surface area contributed by atoms with Gasteiger partial charge in [-0.15, -0.1) is 35.8 Å². The third-order valence-electron chi connectivity index (χ3n) is 6.48. The minimum atomic E-state index is -4.78. The van der Waals surface area contributed by atoms with Crippen LogP contribution in [-0.4, -0.2) is 53.2 Å². The number of fused-ring (bicyclic) bond motifs is 1. The summed E-state index contributed by atoms with van der Waals surface area (Å²) in [6, 6.07) is 21.7. The number of amides is 2. The molecule has 1 saturated heterocycles. The van der Waals surface area contributed by atoms with E-state index in [2.05, 4.69) is 31.2 Å². The Labute approximate surface area is 234 Å². The standard InChI is InChI=1S/C28H23F3N6O2.ClH/c1-18-17-36(14-15-37(18)27(38)33-21-10-12-22(13-11-21)39-28(29,30)31)26-24-5-3-2-4-23(24)25(34-35-26)20-8-6-19(16-32)7-9-20;/h2-13,18H,14-15,17H2,1H3,(H,33,38);1H/t18-;/m0./s1. The zero-order valence-corrected chi connectivity index (χ0v) is 22.0. The highest BCUT2D eigenvalue weighted by atomic mass is 35.5. The summed E-state index contributed by atoms with van der Waals surface area (Å²) in [5.74, 6) is 0.358. The number of hydrogen-bond donors (Lipinski definition) is 1. The summed E-state index contributed by atoms with van der Waals surface area (Å²) in [4.78, 5) is 16.7. The van der Waals surface area contributed by atoms with Crippen LogP contribution in [0.2, 0.25) is 0 Å². The zero-order valence-electron chi connectivity index (χ0n) is 21.2. The van der Waals surface area contributed by atoms with Gasteiger partial charge in [0.05, 0.1) is 11.6 Å². The molecule has 8 nitrogen and oxygen atoms in total. The Kier molecular flexibility index (Phi) is 8.30. The van der Waals surface area contributed by atoms with E-state index in [-0.39, 0.29) is 30.2 Å². The molecule has 40 heavy (non-hydrogen) atoms. The van der Waals surface area contributed by atoms with Crippen molar-refractivity contribution in [3.8, 4) is 23.1 Å². The lowest BCUT2D eigenvalue weighted by Gasteiger charge is -2.40. The molecule has 0 unspecified atom stereocenters. The molecule has 0 aliphatic carbocycles. The highest BCUT2D eigenvalue weighted by Crippen LogP contribution is 2.32. The van der Waals surface area contributed by atoms with Crippen molar-refractivity contribution >= 4 is 40.7 Å². The van der Waals surface area contributed by atoms with Gasteiger partial charge >= 0.3 is 12.4 Å². The van der Waals surface area contributed by atoms with Crippen molar-refractivity contribution in [3.05, 3.63) is 78.4 Å². The highest BCUT2D eigenvalue weighted by Gasteiger charge is 2.31. The van der Waals surface area contributed by atoms with Gasteiger partial charge in [0.2, 0.25) is 0 Å². The van der Waals surface area contributed by atoms with Crippen LogP contribution in [0.4, 0.5) is 29.5 Å². The van der Waals surface area contributed by atoms with E-state index in [1.54, 1.807) is 17.0 Å². The molecule has 2 heterocycles. The fourth-order valence-electron chi connectivity index (χ4n) is 4.63. The van der Waals surface area contributed by atoms with E-state index in [0.29, 0.717) is 30.9 Å². The van der Waals surface area contributed by atoms with E-state index in [0.717, 1.165) is 40.0 Å². The van der Waals surface area contributed by atoms with Crippen molar-refractivity contribution in [3.63, 3.8) is 0 Å². The maximum Gasteiger partial charge on any atom is 0.573 e. The Balaban J connectivity index is 0.00000370. The Morgan fingerprint density at radius 2 is 1.68 bits per heavy atom. The average Bonchev–Trinajstić information content (AvgIpc) is 2.92. The van der Waals surface area contributed by atoms with Gasteiger partial charge in [-0.2, -0.15) is 5.26 Å². The Morgan fingerprint density at radius 3 is 2.30 bits per heavy atom. The second-order valence-corrected chi connectivity index (χ2v) is 9.10. The quantitative estimate of drug-likeness (QED) is 0.313. The molecule has 3 aromatic carbocycles. The van der Waals surface area contributed by atoms with E-state index in [1.165, 1.54) is 12.1 Å². The summed E-state index contributed by atoms with van der Waals surface area (Å²) < 4.78 is 41.0. The van der Waals surface area contributed by atoms with Gasteiger partial charge in [-0.05, 0) is 43.3 Å². The van der Waals surface area contributed by atoms with Crippen molar-refractivity contribution < 1.29 is 22.7 Å². The number of piperazine rings is 1. The largest absolute Gasteiger partial charge is 0.573 e. The van der Waals surface area contributed by atoms with Crippen molar-refractivity contribution in [1.29, 1.82) is 5.26 Å². The third-order valence-corrected chi connectivity index (χ3v) is 6.48. The molecule has 0 spiro atoms. The van der Waals surface area contributed by atoms with Gasteiger partial charge in [0.1, 0.15) is 11.4 Å². The second kappa shape index (κ2) is 11.7. The van der Waals surface area contributed by atoms with Crippen LogP contribution in [0.15, 0.2) is 72.8 Å². The molecule has 0 saturated carbocycles. The van der Waals surface area contributed by atoms with Crippen LogP contribution in [0.3, 0.4) is 0 Å². The maximum absolute atomic E-state index is 12.9. The molecule has 5 rings (SSSR count). The number of halogens is 4. The number of nitrogens with zero attached hydrogens (tertiary/aromatic N) is 5. The van der Waals surface area contributed by atoms with Crippen molar-refractivity contribution in [2.75, 3.05) is 29.9 Å². The number of alkyl halides is 3. The monoisotopic (exact) mass is 568 g/mol. The number of aromatic nitrogens is 2. The molecule has 12 heteroatoms. The molecule has 0 radical (unpaired) electrons. The van der Waals surface area contributed by atoms with Crippen molar-refractivity contribution in [2.45, 2.75) is 19.3 Å². The summed E-state index contributed by atoms with van der Waals surface area (Å²) >= 11 is 0.